The molecule has 5 heteroatoms. The first-order valence-corrected chi connectivity index (χ1v) is 8.94. The van der Waals surface area contributed by atoms with E-state index < -0.39 is 5.60 Å². The Morgan fingerprint density at radius 3 is 2.57 bits per heavy atom. The van der Waals surface area contributed by atoms with Gasteiger partial charge in [-0.1, -0.05) is 42.1 Å². The van der Waals surface area contributed by atoms with E-state index in [9.17, 15) is 9.59 Å². The third-order valence-corrected chi connectivity index (χ3v) is 4.92. The zero-order valence-electron chi connectivity index (χ0n) is 14.0. The van der Waals surface area contributed by atoms with Crippen LogP contribution in [0.4, 0.5) is 4.79 Å². The van der Waals surface area contributed by atoms with Gasteiger partial charge in [0, 0.05) is 17.4 Å². The molecule has 0 heterocycles. The van der Waals surface area contributed by atoms with Crippen LogP contribution >= 0.6 is 11.8 Å². The highest BCUT2D eigenvalue weighted by atomic mass is 32.2. The van der Waals surface area contributed by atoms with Gasteiger partial charge in [0.05, 0.1) is 0 Å². The van der Waals surface area contributed by atoms with Gasteiger partial charge in [0.1, 0.15) is 5.60 Å². The maximum Gasteiger partial charge on any atom is 0.407 e. The van der Waals surface area contributed by atoms with E-state index >= 15 is 0 Å². The normalized spacial score (nSPS) is 21.0. The number of alkyl carbamates (subject to hydrolysis) is 1. The van der Waals surface area contributed by atoms with E-state index in [0.29, 0.717) is 17.7 Å². The number of hydrogen-bond donors (Lipinski definition) is 1. The molecule has 126 valence electrons. The van der Waals surface area contributed by atoms with Crippen LogP contribution in [0, 0.1) is 5.92 Å². The van der Waals surface area contributed by atoms with Crippen molar-refractivity contribution in [3.63, 3.8) is 0 Å². The third-order valence-electron chi connectivity index (χ3n) is 3.71. The predicted octanol–water partition coefficient (Wildman–Crippen LogP) is 4.25. The monoisotopic (exact) mass is 335 g/mol. The SMILES string of the molecule is CC(C)(C)OC(=O)NC[C@@H]1CC[C@H](SC(=O)c2ccccc2)C1. The van der Waals surface area contributed by atoms with Gasteiger partial charge in [-0.2, -0.15) is 0 Å². The number of carbonyl (C=O) groups excluding carboxylic acids is 2. The molecule has 1 fully saturated rings. The molecule has 1 aromatic carbocycles. The predicted molar refractivity (Wildman–Crippen MR) is 93.7 cm³/mol. The van der Waals surface area contributed by atoms with E-state index in [1.54, 1.807) is 0 Å². The highest BCUT2D eigenvalue weighted by Gasteiger charge is 2.28. The van der Waals surface area contributed by atoms with Crippen LogP contribution in [0.1, 0.15) is 50.4 Å². The molecule has 0 spiro atoms. The molecule has 1 N–H and O–H groups in total. The van der Waals surface area contributed by atoms with Crippen LogP contribution in [-0.4, -0.2) is 28.6 Å². The molecular formula is C18H25NO3S. The molecule has 2 atom stereocenters. The van der Waals surface area contributed by atoms with Gasteiger partial charge >= 0.3 is 6.09 Å². The quantitative estimate of drug-likeness (QED) is 0.893. The highest BCUT2D eigenvalue weighted by Crippen LogP contribution is 2.35. The molecule has 4 nitrogen and oxygen atoms in total. The third kappa shape index (κ3) is 6.26. The number of thioether (sulfide) groups is 1. The van der Waals surface area contributed by atoms with Crippen molar-refractivity contribution in [3.05, 3.63) is 35.9 Å². The van der Waals surface area contributed by atoms with Gasteiger partial charge in [-0.05, 0) is 46.0 Å². The minimum atomic E-state index is -0.472. The van der Waals surface area contributed by atoms with Crippen molar-refractivity contribution in [2.75, 3.05) is 6.54 Å². The first kappa shape index (κ1) is 17.9. The fourth-order valence-electron chi connectivity index (χ4n) is 2.66. The average molecular weight is 335 g/mol. The van der Waals surface area contributed by atoms with E-state index in [-0.39, 0.29) is 11.2 Å². The number of amides is 1. The van der Waals surface area contributed by atoms with Gasteiger partial charge in [0.2, 0.25) is 5.12 Å². The van der Waals surface area contributed by atoms with Crippen molar-refractivity contribution in [3.8, 4) is 0 Å². The van der Waals surface area contributed by atoms with Crippen LogP contribution in [0.25, 0.3) is 0 Å². The summed E-state index contributed by atoms with van der Waals surface area (Å²) >= 11 is 1.43. The van der Waals surface area contributed by atoms with Crippen LogP contribution in [-0.2, 0) is 4.74 Å². The Morgan fingerprint density at radius 1 is 1.22 bits per heavy atom. The van der Waals surface area contributed by atoms with Crippen molar-refractivity contribution >= 4 is 23.0 Å². The molecule has 0 unspecified atom stereocenters. The molecule has 2 rings (SSSR count). The van der Waals surface area contributed by atoms with Crippen molar-refractivity contribution < 1.29 is 14.3 Å². The lowest BCUT2D eigenvalue weighted by Crippen LogP contribution is -2.34. The van der Waals surface area contributed by atoms with Gasteiger partial charge in [-0.15, -0.1) is 0 Å². The van der Waals surface area contributed by atoms with E-state index in [4.69, 9.17) is 4.74 Å². The molecule has 0 saturated heterocycles. The standard InChI is InChI=1S/C18H25NO3S/c1-18(2,3)22-17(21)19-12-13-9-10-15(11-13)23-16(20)14-7-5-4-6-8-14/h4-8,13,15H,9-12H2,1-3H3,(H,19,21)/t13-,15+/m1/s1. The molecule has 0 aromatic heterocycles. The summed E-state index contributed by atoms with van der Waals surface area (Å²) < 4.78 is 5.24. The van der Waals surface area contributed by atoms with Crippen molar-refractivity contribution in [1.29, 1.82) is 0 Å². The summed E-state index contributed by atoms with van der Waals surface area (Å²) in [7, 11) is 0. The maximum atomic E-state index is 12.2. The molecule has 1 aliphatic carbocycles. The summed E-state index contributed by atoms with van der Waals surface area (Å²) in [6.07, 6.45) is 2.65. The Hall–Kier alpha value is -1.49. The van der Waals surface area contributed by atoms with E-state index in [1.807, 2.05) is 51.1 Å². The first-order chi connectivity index (χ1) is 10.8. The van der Waals surface area contributed by atoms with Crippen molar-refractivity contribution in [1.82, 2.24) is 5.32 Å². The van der Waals surface area contributed by atoms with E-state index in [1.165, 1.54) is 11.8 Å². The van der Waals surface area contributed by atoms with Crippen LogP contribution in [0.15, 0.2) is 30.3 Å². The van der Waals surface area contributed by atoms with Crippen LogP contribution in [0.2, 0.25) is 0 Å². The van der Waals surface area contributed by atoms with Crippen LogP contribution in [0.5, 0.6) is 0 Å². The topological polar surface area (TPSA) is 55.4 Å². The second-order valence-corrected chi connectivity index (χ2v) is 8.23. The second kappa shape index (κ2) is 7.86. The van der Waals surface area contributed by atoms with Crippen LogP contribution < -0.4 is 5.32 Å². The zero-order valence-corrected chi connectivity index (χ0v) is 14.8. The number of nitrogens with one attached hydrogen (secondary N) is 1. The number of rotatable bonds is 4. The van der Waals surface area contributed by atoms with Gasteiger partial charge in [0.25, 0.3) is 0 Å². The lowest BCUT2D eigenvalue weighted by Gasteiger charge is -2.20. The largest absolute Gasteiger partial charge is 0.444 e. The summed E-state index contributed by atoms with van der Waals surface area (Å²) in [5.41, 5.74) is 0.285. The minimum absolute atomic E-state index is 0.136. The highest BCUT2D eigenvalue weighted by molar-refractivity contribution is 8.14. The lowest BCUT2D eigenvalue weighted by atomic mass is 10.1. The van der Waals surface area contributed by atoms with E-state index in [2.05, 4.69) is 5.32 Å². The molecule has 1 aliphatic rings. The van der Waals surface area contributed by atoms with Crippen LogP contribution in [0.3, 0.4) is 0 Å². The van der Waals surface area contributed by atoms with Crippen molar-refractivity contribution in [2.24, 2.45) is 5.92 Å². The van der Waals surface area contributed by atoms with Gasteiger partial charge in [0.15, 0.2) is 0 Å². The smallest absolute Gasteiger partial charge is 0.407 e. The number of hydrogen-bond acceptors (Lipinski definition) is 4. The average Bonchev–Trinajstić information content (AvgIpc) is 2.92. The van der Waals surface area contributed by atoms with E-state index in [0.717, 1.165) is 24.8 Å². The summed E-state index contributed by atoms with van der Waals surface area (Å²) in [5.74, 6) is 0.420. The van der Waals surface area contributed by atoms with Gasteiger partial charge in [-0.25, -0.2) is 4.79 Å². The Labute approximate surface area is 142 Å². The molecule has 1 aromatic rings. The molecule has 0 bridgehead atoms. The number of ether oxygens (including phenoxy) is 1. The number of carbonyl (C=O) groups is 2. The Balaban J connectivity index is 1.72. The first-order valence-electron chi connectivity index (χ1n) is 8.06. The Bertz CT molecular complexity index is 539. The van der Waals surface area contributed by atoms with Gasteiger partial charge < -0.3 is 10.1 Å². The van der Waals surface area contributed by atoms with Crippen molar-refractivity contribution in [2.45, 2.75) is 50.9 Å². The zero-order chi connectivity index (χ0) is 16.9. The Kier molecular flexibility index (Phi) is 6.10. The Morgan fingerprint density at radius 2 is 1.91 bits per heavy atom. The lowest BCUT2D eigenvalue weighted by molar-refractivity contribution is 0.0519. The summed E-state index contributed by atoms with van der Waals surface area (Å²) in [6, 6.07) is 9.39. The maximum absolute atomic E-state index is 12.2. The molecule has 1 saturated carbocycles. The molecule has 23 heavy (non-hydrogen) atoms. The minimum Gasteiger partial charge on any atom is -0.444 e. The molecule has 1 amide bonds. The summed E-state index contributed by atoms with van der Waals surface area (Å²) in [4.78, 5) is 23.9. The fraction of sp³-hybridized carbons (Fsp3) is 0.556. The summed E-state index contributed by atoms with van der Waals surface area (Å²) in [6.45, 7) is 6.17. The molecular weight excluding hydrogens is 310 g/mol. The molecule has 0 radical (unpaired) electrons. The second-order valence-electron chi connectivity index (χ2n) is 6.96. The molecule has 0 aliphatic heterocycles. The number of benzene rings is 1. The fourth-order valence-corrected chi connectivity index (χ4v) is 3.85. The summed E-state index contributed by atoms with van der Waals surface area (Å²) in [5, 5.41) is 3.31. The van der Waals surface area contributed by atoms with Gasteiger partial charge in [-0.3, -0.25) is 4.79 Å².